The van der Waals surface area contributed by atoms with Gasteiger partial charge in [0.25, 0.3) is 0 Å². The Morgan fingerprint density at radius 1 is 1.28 bits per heavy atom. The van der Waals surface area contributed by atoms with Crippen LogP contribution in [-0.4, -0.2) is 46.0 Å². The summed E-state index contributed by atoms with van der Waals surface area (Å²) in [5.74, 6) is 0.902. The number of anilines is 1. The number of hydrogen-bond donors (Lipinski definition) is 1. The quantitative estimate of drug-likeness (QED) is 0.803. The summed E-state index contributed by atoms with van der Waals surface area (Å²) < 4.78 is 10.5. The van der Waals surface area contributed by atoms with Gasteiger partial charge in [-0.25, -0.2) is 0 Å². The van der Waals surface area contributed by atoms with E-state index in [0.717, 1.165) is 25.4 Å². The van der Waals surface area contributed by atoms with Crippen LogP contribution >= 0.6 is 0 Å². The maximum absolute atomic E-state index is 5.55. The predicted molar refractivity (Wildman–Crippen MR) is 73.5 cm³/mol. The summed E-state index contributed by atoms with van der Waals surface area (Å²) in [6.07, 6.45) is 0. The van der Waals surface area contributed by atoms with E-state index in [9.17, 15) is 0 Å². The van der Waals surface area contributed by atoms with Crippen molar-refractivity contribution in [2.45, 2.75) is 13.0 Å². The summed E-state index contributed by atoms with van der Waals surface area (Å²) in [7, 11) is 1.68. The number of piperazine rings is 1. The van der Waals surface area contributed by atoms with Gasteiger partial charge < -0.3 is 19.7 Å². The number of rotatable bonds is 5. The molecule has 0 unspecified atom stereocenters. The van der Waals surface area contributed by atoms with Gasteiger partial charge in [-0.05, 0) is 31.2 Å². The second-order valence-corrected chi connectivity index (χ2v) is 4.64. The molecule has 18 heavy (non-hydrogen) atoms. The van der Waals surface area contributed by atoms with Crippen LogP contribution in [0.3, 0.4) is 0 Å². The third-order valence-corrected chi connectivity index (χ3v) is 3.13. The Hall–Kier alpha value is -1.26. The molecule has 0 aliphatic carbocycles. The van der Waals surface area contributed by atoms with E-state index in [-0.39, 0.29) is 0 Å². The second-order valence-electron chi connectivity index (χ2n) is 4.64. The zero-order chi connectivity index (χ0) is 12.8. The van der Waals surface area contributed by atoms with Crippen molar-refractivity contribution >= 4 is 5.69 Å². The van der Waals surface area contributed by atoms with E-state index < -0.39 is 0 Å². The highest BCUT2D eigenvalue weighted by Gasteiger charge is 2.15. The summed E-state index contributed by atoms with van der Waals surface area (Å²) >= 11 is 0. The molecule has 0 saturated carbocycles. The summed E-state index contributed by atoms with van der Waals surface area (Å²) in [4.78, 5) is 2.40. The van der Waals surface area contributed by atoms with E-state index in [1.165, 1.54) is 5.69 Å². The van der Waals surface area contributed by atoms with Gasteiger partial charge in [0.2, 0.25) is 0 Å². The molecule has 1 fully saturated rings. The van der Waals surface area contributed by atoms with Gasteiger partial charge in [-0.2, -0.15) is 0 Å². The normalized spacial score (nSPS) is 19.9. The van der Waals surface area contributed by atoms with E-state index in [0.29, 0.717) is 19.3 Å². The second kappa shape index (κ2) is 6.61. The fourth-order valence-electron chi connectivity index (χ4n) is 2.16. The zero-order valence-corrected chi connectivity index (χ0v) is 11.2. The molecule has 0 radical (unpaired) electrons. The average Bonchev–Trinajstić information content (AvgIpc) is 2.40. The minimum atomic E-state index is 0.552. The summed E-state index contributed by atoms with van der Waals surface area (Å²) in [6, 6.07) is 8.85. The Bertz CT molecular complexity index is 353. The molecule has 2 rings (SSSR count). The Morgan fingerprint density at radius 3 is 2.72 bits per heavy atom. The van der Waals surface area contributed by atoms with Crippen molar-refractivity contribution in [1.29, 1.82) is 0 Å². The van der Waals surface area contributed by atoms with Crippen LogP contribution in [0.2, 0.25) is 0 Å². The van der Waals surface area contributed by atoms with Crippen molar-refractivity contribution in [3.63, 3.8) is 0 Å². The molecule has 1 aliphatic heterocycles. The molecule has 1 aromatic carbocycles. The molecular formula is C14H22N2O2. The SMILES string of the molecule is COCCOc1ccc(N2CCN[C@H](C)C2)cc1. The Labute approximate surface area is 109 Å². The van der Waals surface area contributed by atoms with Crippen LogP contribution in [0.15, 0.2) is 24.3 Å². The zero-order valence-electron chi connectivity index (χ0n) is 11.2. The lowest BCUT2D eigenvalue weighted by atomic mass is 10.2. The molecule has 0 bridgehead atoms. The summed E-state index contributed by atoms with van der Waals surface area (Å²) in [6.45, 7) is 6.61. The smallest absolute Gasteiger partial charge is 0.119 e. The number of nitrogens with zero attached hydrogens (tertiary/aromatic N) is 1. The molecule has 1 atom stereocenters. The lowest BCUT2D eigenvalue weighted by molar-refractivity contribution is 0.146. The molecule has 4 nitrogen and oxygen atoms in total. The van der Waals surface area contributed by atoms with Crippen LogP contribution in [0, 0.1) is 0 Å². The fraction of sp³-hybridized carbons (Fsp3) is 0.571. The average molecular weight is 250 g/mol. The molecule has 1 aromatic rings. The van der Waals surface area contributed by atoms with Crippen molar-refractivity contribution in [2.24, 2.45) is 0 Å². The molecule has 0 aromatic heterocycles. The van der Waals surface area contributed by atoms with Crippen LogP contribution in [0.4, 0.5) is 5.69 Å². The van der Waals surface area contributed by atoms with Gasteiger partial charge in [0, 0.05) is 38.5 Å². The molecule has 1 heterocycles. The number of hydrogen-bond acceptors (Lipinski definition) is 4. The number of methoxy groups -OCH3 is 1. The largest absolute Gasteiger partial charge is 0.491 e. The maximum atomic E-state index is 5.55. The standard InChI is InChI=1S/C14H22N2O2/c1-12-11-16(8-7-15-12)13-3-5-14(6-4-13)18-10-9-17-2/h3-6,12,15H,7-11H2,1-2H3/t12-/m1/s1. The molecule has 1 aliphatic rings. The van der Waals surface area contributed by atoms with Crippen molar-refractivity contribution < 1.29 is 9.47 Å². The molecule has 0 amide bonds. The van der Waals surface area contributed by atoms with Crippen molar-refractivity contribution in [3.05, 3.63) is 24.3 Å². The van der Waals surface area contributed by atoms with Crippen molar-refractivity contribution in [1.82, 2.24) is 5.32 Å². The first-order valence-electron chi connectivity index (χ1n) is 6.49. The van der Waals surface area contributed by atoms with E-state index in [1.54, 1.807) is 7.11 Å². The minimum Gasteiger partial charge on any atom is -0.491 e. The Morgan fingerprint density at radius 2 is 2.06 bits per heavy atom. The number of benzene rings is 1. The lowest BCUT2D eigenvalue weighted by Gasteiger charge is -2.33. The Kier molecular flexibility index (Phi) is 4.84. The topological polar surface area (TPSA) is 33.7 Å². The molecule has 100 valence electrons. The van der Waals surface area contributed by atoms with Crippen molar-refractivity contribution in [3.8, 4) is 5.75 Å². The number of ether oxygens (including phenoxy) is 2. The number of nitrogens with one attached hydrogen (secondary N) is 1. The highest BCUT2D eigenvalue weighted by molar-refractivity contribution is 5.49. The third-order valence-electron chi connectivity index (χ3n) is 3.13. The van der Waals surface area contributed by atoms with Crippen LogP contribution in [-0.2, 0) is 4.74 Å². The monoisotopic (exact) mass is 250 g/mol. The summed E-state index contributed by atoms with van der Waals surface area (Å²) in [5.41, 5.74) is 1.27. The lowest BCUT2D eigenvalue weighted by Crippen LogP contribution is -2.49. The van der Waals surface area contributed by atoms with E-state index in [2.05, 4.69) is 29.3 Å². The highest BCUT2D eigenvalue weighted by Crippen LogP contribution is 2.20. The van der Waals surface area contributed by atoms with Crippen LogP contribution in [0.5, 0.6) is 5.75 Å². The fourth-order valence-corrected chi connectivity index (χ4v) is 2.16. The van der Waals surface area contributed by atoms with E-state index in [1.807, 2.05) is 12.1 Å². The first-order chi connectivity index (χ1) is 8.79. The van der Waals surface area contributed by atoms with Gasteiger partial charge in [0.05, 0.1) is 6.61 Å². The molecule has 0 spiro atoms. The summed E-state index contributed by atoms with van der Waals surface area (Å²) in [5, 5.41) is 3.45. The van der Waals surface area contributed by atoms with Gasteiger partial charge in [-0.1, -0.05) is 0 Å². The van der Waals surface area contributed by atoms with Gasteiger partial charge in [-0.3, -0.25) is 0 Å². The molecule has 1 saturated heterocycles. The van der Waals surface area contributed by atoms with E-state index >= 15 is 0 Å². The van der Waals surface area contributed by atoms with Crippen LogP contribution in [0.1, 0.15) is 6.92 Å². The third kappa shape index (κ3) is 3.62. The first-order valence-corrected chi connectivity index (χ1v) is 6.49. The molecule has 4 heteroatoms. The van der Waals surface area contributed by atoms with Gasteiger partial charge >= 0.3 is 0 Å². The van der Waals surface area contributed by atoms with Crippen LogP contribution < -0.4 is 15.0 Å². The first kappa shape index (κ1) is 13.2. The van der Waals surface area contributed by atoms with Gasteiger partial charge in [0.1, 0.15) is 12.4 Å². The Balaban J connectivity index is 1.90. The van der Waals surface area contributed by atoms with Crippen molar-refractivity contribution in [2.75, 3.05) is 44.9 Å². The van der Waals surface area contributed by atoms with E-state index in [4.69, 9.17) is 9.47 Å². The maximum Gasteiger partial charge on any atom is 0.119 e. The molecule has 1 N–H and O–H groups in total. The van der Waals surface area contributed by atoms with Crippen LogP contribution in [0.25, 0.3) is 0 Å². The molecular weight excluding hydrogens is 228 g/mol. The predicted octanol–water partition coefficient (Wildman–Crippen LogP) is 1.51. The van der Waals surface area contributed by atoms with Gasteiger partial charge in [-0.15, -0.1) is 0 Å². The van der Waals surface area contributed by atoms with Gasteiger partial charge in [0.15, 0.2) is 0 Å². The minimum absolute atomic E-state index is 0.552. The highest BCUT2D eigenvalue weighted by atomic mass is 16.5.